The van der Waals surface area contributed by atoms with Crippen LogP contribution in [-0.4, -0.2) is 28.8 Å². The van der Waals surface area contributed by atoms with Gasteiger partial charge in [0.05, 0.1) is 12.1 Å². The van der Waals surface area contributed by atoms with Crippen molar-refractivity contribution in [3.63, 3.8) is 0 Å². The first-order valence-electron chi connectivity index (χ1n) is 5.46. The Morgan fingerprint density at radius 2 is 2.24 bits per heavy atom. The van der Waals surface area contributed by atoms with Crippen molar-refractivity contribution in [3.05, 3.63) is 16.5 Å². The molecule has 0 fully saturated rings. The molecule has 17 heavy (non-hydrogen) atoms. The Hall–Kier alpha value is -1.07. The SMILES string of the molecule is Cc1noc(Cl)c1CC(=O)NC(C)C(C)CO. The van der Waals surface area contributed by atoms with E-state index in [1.165, 1.54) is 0 Å². The number of rotatable bonds is 5. The molecule has 0 saturated heterocycles. The quantitative estimate of drug-likeness (QED) is 0.837. The third kappa shape index (κ3) is 3.71. The molecule has 0 aliphatic carbocycles. The van der Waals surface area contributed by atoms with Gasteiger partial charge in [0, 0.05) is 18.2 Å². The predicted molar refractivity (Wildman–Crippen MR) is 63.8 cm³/mol. The van der Waals surface area contributed by atoms with E-state index in [1.807, 2.05) is 13.8 Å². The molecular formula is C11H17ClN2O3. The number of aliphatic hydroxyl groups excluding tert-OH is 1. The number of hydrogen-bond acceptors (Lipinski definition) is 4. The number of hydrogen-bond donors (Lipinski definition) is 2. The molecule has 0 bridgehead atoms. The lowest BCUT2D eigenvalue weighted by molar-refractivity contribution is -0.121. The van der Waals surface area contributed by atoms with Crippen LogP contribution >= 0.6 is 11.6 Å². The molecule has 0 aliphatic rings. The summed E-state index contributed by atoms with van der Waals surface area (Å²) in [6.07, 6.45) is 0.136. The lowest BCUT2D eigenvalue weighted by Gasteiger charge is -2.19. The van der Waals surface area contributed by atoms with Crippen LogP contribution < -0.4 is 5.32 Å². The molecule has 2 N–H and O–H groups in total. The van der Waals surface area contributed by atoms with E-state index < -0.39 is 0 Å². The van der Waals surface area contributed by atoms with Crippen molar-refractivity contribution in [2.24, 2.45) is 5.92 Å². The normalized spacial score (nSPS) is 14.4. The molecule has 0 saturated carbocycles. The Labute approximate surface area is 105 Å². The van der Waals surface area contributed by atoms with Crippen LogP contribution in [0.3, 0.4) is 0 Å². The van der Waals surface area contributed by atoms with Gasteiger partial charge in [-0.25, -0.2) is 0 Å². The van der Waals surface area contributed by atoms with Gasteiger partial charge >= 0.3 is 0 Å². The summed E-state index contributed by atoms with van der Waals surface area (Å²) in [5.41, 5.74) is 1.22. The van der Waals surface area contributed by atoms with Crippen LogP contribution in [0.4, 0.5) is 0 Å². The zero-order valence-electron chi connectivity index (χ0n) is 10.2. The van der Waals surface area contributed by atoms with Gasteiger partial charge in [-0.1, -0.05) is 12.1 Å². The van der Waals surface area contributed by atoms with E-state index in [1.54, 1.807) is 6.92 Å². The van der Waals surface area contributed by atoms with Crippen LogP contribution in [0.2, 0.25) is 5.22 Å². The molecule has 1 aromatic rings. The minimum absolute atomic E-state index is 0.0120. The summed E-state index contributed by atoms with van der Waals surface area (Å²) in [6.45, 7) is 5.48. The highest BCUT2D eigenvalue weighted by Crippen LogP contribution is 2.19. The zero-order valence-corrected chi connectivity index (χ0v) is 10.9. The second-order valence-electron chi connectivity index (χ2n) is 4.21. The highest BCUT2D eigenvalue weighted by Gasteiger charge is 2.18. The van der Waals surface area contributed by atoms with Gasteiger partial charge in [-0.05, 0) is 31.4 Å². The number of carbonyl (C=O) groups excluding carboxylic acids is 1. The number of nitrogens with zero attached hydrogens (tertiary/aromatic N) is 1. The molecule has 96 valence electrons. The Kier molecular flexibility index (Phi) is 4.96. The molecule has 0 spiro atoms. The summed E-state index contributed by atoms with van der Waals surface area (Å²) in [4.78, 5) is 11.7. The van der Waals surface area contributed by atoms with Gasteiger partial charge in [-0.3, -0.25) is 4.79 Å². The van der Waals surface area contributed by atoms with Crippen LogP contribution in [0.1, 0.15) is 25.1 Å². The lowest BCUT2D eigenvalue weighted by atomic mass is 10.0. The maximum absolute atomic E-state index is 11.7. The van der Waals surface area contributed by atoms with Crippen molar-refractivity contribution in [2.75, 3.05) is 6.61 Å². The predicted octanol–water partition coefficient (Wildman–Crippen LogP) is 1.31. The summed E-state index contributed by atoms with van der Waals surface area (Å²) < 4.78 is 4.77. The van der Waals surface area contributed by atoms with Crippen LogP contribution in [0, 0.1) is 12.8 Å². The van der Waals surface area contributed by atoms with Crippen molar-refractivity contribution >= 4 is 17.5 Å². The number of amides is 1. The first kappa shape index (κ1) is 14.0. The molecule has 1 amide bonds. The second kappa shape index (κ2) is 6.02. The smallest absolute Gasteiger partial charge is 0.229 e. The summed E-state index contributed by atoms with van der Waals surface area (Å²) in [7, 11) is 0. The van der Waals surface area contributed by atoms with Crippen LogP contribution in [0.25, 0.3) is 0 Å². The van der Waals surface area contributed by atoms with E-state index in [9.17, 15) is 4.79 Å². The highest BCUT2D eigenvalue weighted by molar-refractivity contribution is 6.29. The van der Waals surface area contributed by atoms with Gasteiger partial charge in [0.15, 0.2) is 0 Å². The van der Waals surface area contributed by atoms with E-state index >= 15 is 0 Å². The minimum atomic E-state index is -0.161. The minimum Gasteiger partial charge on any atom is -0.396 e. The first-order valence-corrected chi connectivity index (χ1v) is 5.84. The summed E-state index contributed by atoms with van der Waals surface area (Å²) >= 11 is 5.77. The van der Waals surface area contributed by atoms with Crippen LogP contribution in [-0.2, 0) is 11.2 Å². The average molecular weight is 261 g/mol. The number of nitrogens with one attached hydrogen (secondary N) is 1. The van der Waals surface area contributed by atoms with E-state index in [-0.39, 0.29) is 36.1 Å². The fourth-order valence-corrected chi connectivity index (χ4v) is 1.56. The van der Waals surface area contributed by atoms with Crippen molar-refractivity contribution < 1.29 is 14.4 Å². The van der Waals surface area contributed by atoms with Gasteiger partial charge in [0.2, 0.25) is 11.1 Å². The van der Waals surface area contributed by atoms with Crippen molar-refractivity contribution in [1.29, 1.82) is 0 Å². The molecule has 0 radical (unpaired) electrons. The van der Waals surface area contributed by atoms with Crippen molar-refractivity contribution in [3.8, 4) is 0 Å². The van der Waals surface area contributed by atoms with Gasteiger partial charge < -0.3 is 14.9 Å². The topological polar surface area (TPSA) is 75.4 Å². The number of carbonyl (C=O) groups is 1. The Bertz CT molecular complexity index is 373. The van der Waals surface area contributed by atoms with E-state index in [2.05, 4.69) is 10.5 Å². The Morgan fingerprint density at radius 3 is 2.71 bits per heavy atom. The monoisotopic (exact) mass is 260 g/mol. The third-order valence-corrected chi connectivity index (χ3v) is 3.10. The third-order valence-electron chi connectivity index (χ3n) is 2.80. The first-order chi connectivity index (χ1) is 7.95. The number of aromatic nitrogens is 1. The van der Waals surface area contributed by atoms with E-state index in [0.717, 1.165) is 0 Å². The van der Waals surface area contributed by atoms with E-state index in [4.69, 9.17) is 21.2 Å². The zero-order chi connectivity index (χ0) is 13.0. The summed E-state index contributed by atoms with van der Waals surface area (Å²) in [6, 6.07) is -0.0913. The van der Waals surface area contributed by atoms with Crippen LogP contribution in [0.15, 0.2) is 4.52 Å². The average Bonchev–Trinajstić information content (AvgIpc) is 2.59. The van der Waals surface area contributed by atoms with E-state index in [0.29, 0.717) is 11.3 Å². The van der Waals surface area contributed by atoms with Gasteiger partial charge in [0.25, 0.3) is 0 Å². The molecule has 2 unspecified atom stereocenters. The van der Waals surface area contributed by atoms with Gasteiger partial charge in [0.1, 0.15) is 0 Å². The molecule has 5 nitrogen and oxygen atoms in total. The molecule has 1 rings (SSSR count). The van der Waals surface area contributed by atoms with Crippen LogP contribution in [0.5, 0.6) is 0 Å². The summed E-state index contributed by atoms with van der Waals surface area (Å²) in [5, 5.41) is 15.6. The molecule has 0 aromatic carbocycles. The number of halogens is 1. The standard InChI is InChI=1S/C11H17ClN2O3/c1-6(5-15)7(2)13-10(16)4-9-8(3)14-17-11(9)12/h6-7,15H,4-5H2,1-3H3,(H,13,16). The highest BCUT2D eigenvalue weighted by atomic mass is 35.5. The maximum Gasteiger partial charge on any atom is 0.229 e. The number of aryl methyl sites for hydroxylation is 1. The molecular weight excluding hydrogens is 244 g/mol. The largest absolute Gasteiger partial charge is 0.396 e. The van der Waals surface area contributed by atoms with Gasteiger partial charge in [-0.15, -0.1) is 0 Å². The fourth-order valence-electron chi connectivity index (χ4n) is 1.32. The molecule has 1 heterocycles. The van der Waals surface area contributed by atoms with Gasteiger partial charge in [-0.2, -0.15) is 0 Å². The molecule has 1 aromatic heterocycles. The maximum atomic E-state index is 11.7. The van der Waals surface area contributed by atoms with Crippen molar-refractivity contribution in [2.45, 2.75) is 33.2 Å². The Balaban J connectivity index is 2.56. The van der Waals surface area contributed by atoms with Crippen molar-refractivity contribution in [1.82, 2.24) is 10.5 Å². The molecule has 6 heteroatoms. The fraction of sp³-hybridized carbons (Fsp3) is 0.636. The second-order valence-corrected chi connectivity index (χ2v) is 4.56. The Morgan fingerprint density at radius 1 is 1.59 bits per heavy atom. The molecule has 0 aliphatic heterocycles. The lowest BCUT2D eigenvalue weighted by Crippen LogP contribution is -2.39. The summed E-state index contributed by atoms with van der Waals surface area (Å²) in [5.74, 6) is -0.149. The molecule has 2 atom stereocenters. The number of aliphatic hydroxyl groups is 1.